The predicted molar refractivity (Wildman–Crippen MR) is 75.9 cm³/mol. The molecule has 20 heavy (non-hydrogen) atoms. The van der Waals surface area contributed by atoms with Crippen LogP contribution in [0.25, 0.3) is 0 Å². The van der Waals surface area contributed by atoms with Crippen LogP contribution in [0.1, 0.15) is 24.5 Å². The minimum Gasteiger partial charge on any atom is -0.392 e. The summed E-state index contributed by atoms with van der Waals surface area (Å²) in [6.07, 6.45) is 0.720. The smallest absolute Gasteiger partial charge is 0.243 e. The topological polar surface area (TPSA) is 66.8 Å². The molecule has 1 heterocycles. The molecule has 2 rings (SSSR count). The van der Waals surface area contributed by atoms with Gasteiger partial charge in [0, 0.05) is 12.6 Å². The van der Waals surface area contributed by atoms with Gasteiger partial charge in [-0.1, -0.05) is 19.1 Å². The molecule has 5 nitrogen and oxygen atoms in total. The molecule has 0 saturated carbocycles. The van der Waals surface area contributed by atoms with E-state index in [2.05, 4.69) is 0 Å². The van der Waals surface area contributed by atoms with Crippen molar-refractivity contribution < 1.29 is 18.3 Å². The molecule has 0 spiro atoms. The Kier molecular flexibility index (Phi) is 4.80. The number of sulfonamides is 1. The minimum atomic E-state index is -3.54. The van der Waals surface area contributed by atoms with E-state index >= 15 is 0 Å². The largest absolute Gasteiger partial charge is 0.392 e. The second kappa shape index (κ2) is 6.22. The first-order valence-corrected chi connectivity index (χ1v) is 8.24. The molecular formula is C14H21NO4S. The van der Waals surface area contributed by atoms with E-state index in [1.807, 2.05) is 6.92 Å². The van der Waals surface area contributed by atoms with Gasteiger partial charge >= 0.3 is 0 Å². The normalized spacial score (nSPS) is 21.1. The lowest BCUT2D eigenvalue weighted by Gasteiger charge is -2.34. The number of aliphatic hydroxyl groups excluding tert-OH is 1. The first-order valence-electron chi connectivity index (χ1n) is 6.80. The summed E-state index contributed by atoms with van der Waals surface area (Å²) in [5.74, 6) is 0. The number of morpholine rings is 1. The van der Waals surface area contributed by atoms with Crippen LogP contribution in [0.5, 0.6) is 0 Å². The molecule has 0 amide bonds. The van der Waals surface area contributed by atoms with Crippen LogP contribution in [-0.4, -0.2) is 43.6 Å². The number of nitrogens with zero attached hydrogens (tertiary/aromatic N) is 1. The Morgan fingerprint density at radius 2 is 2.20 bits per heavy atom. The minimum absolute atomic E-state index is 0.120. The molecule has 1 aliphatic heterocycles. The first kappa shape index (κ1) is 15.4. The molecule has 1 saturated heterocycles. The zero-order valence-electron chi connectivity index (χ0n) is 11.9. The van der Waals surface area contributed by atoms with Crippen LogP contribution in [-0.2, 0) is 21.4 Å². The molecule has 1 atom stereocenters. The van der Waals surface area contributed by atoms with Gasteiger partial charge in [0.1, 0.15) is 0 Å². The molecule has 1 aromatic rings. The van der Waals surface area contributed by atoms with Gasteiger partial charge in [0.2, 0.25) is 10.0 Å². The number of benzene rings is 1. The Morgan fingerprint density at radius 1 is 1.45 bits per heavy atom. The third-order valence-corrected chi connectivity index (χ3v) is 5.76. The summed E-state index contributed by atoms with van der Waals surface area (Å²) < 4.78 is 32.6. The average Bonchev–Trinajstić information content (AvgIpc) is 2.47. The van der Waals surface area contributed by atoms with E-state index in [0.29, 0.717) is 30.9 Å². The molecule has 1 fully saturated rings. The molecular weight excluding hydrogens is 278 g/mol. The number of aryl methyl sites for hydroxylation is 1. The fraction of sp³-hybridized carbons (Fsp3) is 0.571. The molecule has 1 N–H and O–H groups in total. The maximum absolute atomic E-state index is 12.8. The van der Waals surface area contributed by atoms with Crippen molar-refractivity contribution in [1.29, 1.82) is 0 Å². The van der Waals surface area contributed by atoms with E-state index in [-0.39, 0.29) is 17.5 Å². The molecule has 1 aromatic carbocycles. The van der Waals surface area contributed by atoms with E-state index in [1.165, 1.54) is 4.31 Å². The maximum Gasteiger partial charge on any atom is 0.243 e. The third-order valence-electron chi connectivity index (χ3n) is 3.67. The summed E-state index contributed by atoms with van der Waals surface area (Å²) in [5, 5.41) is 9.20. The SMILES string of the molecule is CCC1COCCN1S(=O)(=O)c1cc(CO)ccc1C. The lowest BCUT2D eigenvalue weighted by atomic mass is 10.2. The third kappa shape index (κ3) is 2.88. The van der Waals surface area contributed by atoms with Crippen LogP contribution in [0, 0.1) is 6.92 Å². The maximum atomic E-state index is 12.8. The van der Waals surface area contributed by atoms with E-state index in [1.54, 1.807) is 25.1 Å². The van der Waals surface area contributed by atoms with Gasteiger partial charge in [-0.25, -0.2) is 8.42 Å². The molecule has 112 valence electrons. The van der Waals surface area contributed by atoms with Crippen LogP contribution in [0.4, 0.5) is 0 Å². The molecule has 0 aromatic heterocycles. The Balaban J connectivity index is 2.43. The fourth-order valence-electron chi connectivity index (χ4n) is 2.42. The predicted octanol–water partition coefficient (Wildman–Crippen LogP) is 1.29. The van der Waals surface area contributed by atoms with Gasteiger partial charge in [-0.3, -0.25) is 0 Å². The van der Waals surface area contributed by atoms with Crippen molar-refractivity contribution in [1.82, 2.24) is 4.31 Å². The van der Waals surface area contributed by atoms with Crippen LogP contribution in [0.2, 0.25) is 0 Å². The summed E-state index contributed by atoms with van der Waals surface area (Å²) in [5.41, 5.74) is 1.30. The number of hydrogen-bond acceptors (Lipinski definition) is 4. The second-order valence-electron chi connectivity index (χ2n) is 5.01. The van der Waals surface area contributed by atoms with Crippen molar-refractivity contribution in [3.63, 3.8) is 0 Å². The van der Waals surface area contributed by atoms with E-state index in [9.17, 15) is 13.5 Å². The molecule has 1 unspecified atom stereocenters. The van der Waals surface area contributed by atoms with Crippen molar-refractivity contribution in [3.05, 3.63) is 29.3 Å². The van der Waals surface area contributed by atoms with Gasteiger partial charge in [-0.2, -0.15) is 4.31 Å². The van der Waals surface area contributed by atoms with Gasteiger partial charge in [-0.05, 0) is 30.5 Å². The molecule has 0 aliphatic carbocycles. The van der Waals surface area contributed by atoms with Crippen LogP contribution >= 0.6 is 0 Å². The van der Waals surface area contributed by atoms with Crippen LogP contribution in [0.15, 0.2) is 23.1 Å². The van der Waals surface area contributed by atoms with Crippen molar-refractivity contribution in [2.24, 2.45) is 0 Å². The average molecular weight is 299 g/mol. The zero-order chi connectivity index (χ0) is 14.8. The van der Waals surface area contributed by atoms with Gasteiger partial charge in [0.25, 0.3) is 0 Å². The highest BCUT2D eigenvalue weighted by Gasteiger charge is 2.33. The monoisotopic (exact) mass is 299 g/mol. The van der Waals surface area contributed by atoms with E-state index < -0.39 is 10.0 Å². The summed E-state index contributed by atoms with van der Waals surface area (Å²) >= 11 is 0. The van der Waals surface area contributed by atoms with Gasteiger partial charge in [0.15, 0.2) is 0 Å². The Morgan fingerprint density at radius 3 is 2.85 bits per heavy atom. The second-order valence-corrected chi connectivity index (χ2v) is 6.87. The first-order chi connectivity index (χ1) is 9.50. The van der Waals surface area contributed by atoms with Gasteiger partial charge < -0.3 is 9.84 Å². The summed E-state index contributed by atoms with van der Waals surface area (Å²) in [6.45, 7) is 4.81. The van der Waals surface area contributed by atoms with Crippen LogP contribution in [0.3, 0.4) is 0 Å². The standard InChI is InChI=1S/C14H21NO4S/c1-3-13-10-19-7-6-15(13)20(17,18)14-8-12(9-16)5-4-11(14)2/h4-5,8,13,16H,3,6-7,9-10H2,1-2H3. The highest BCUT2D eigenvalue weighted by Crippen LogP contribution is 2.25. The van der Waals surface area contributed by atoms with Crippen molar-refractivity contribution >= 4 is 10.0 Å². The van der Waals surface area contributed by atoms with Gasteiger partial charge in [0.05, 0.1) is 24.7 Å². The molecule has 0 bridgehead atoms. The zero-order valence-corrected chi connectivity index (χ0v) is 12.7. The lowest BCUT2D eigenvalue weighted by Crippen LogP contribution is -2.48. The Labute approximate surface area is 120 Å². The number of rotatable bonds is 4. The van der Waals surface area contributed by atoms with E-state index in [4.69, 9.17) is 4.74 Å². The van der Waals surface area contributed by atoms with Crippen molar-refractivity contribution in [2.45, 2.75) is 37.8 Å². The van der Waals surface area contributed by atoms with Crippen LogP contribution < -0.4 is 0 Å². The number of hydrogen-bond donors (Lipinski definition) is 1. The number of ether oxygens (including phenoxy) is 1. The van der Waals surface area contributed by atoms with Gasteiger partial charge in [-0.15, -0.1) is 0 Å². The van der Waals surface area contributed by atoms with Crippen molar-refractivity contribution in [3.8, 4) is 0 Å². The lowest BCUT2D eigenvalue weighted by molar-refractivity contribution is 0.0314. The molecule has 6 heteroatoms. The quantitative estimate of drug-likeness (QED) is 0.909. The summed E-state index contributed by atoms with van der Waals surface area (Å²) in [4.78, 5) is 0.282. The number of aliphatic hydroxyl groups is 1. The Hall–Kier alpha value is -0.950. The highest BCUT2D eigenvalue weighted by atomic mass is 32.2. The van der Waals surface area contributed by atoms with E-state index in [0.717, 1.165) is 6.42 Å². The van der Waals surface area contributed by atoms with Crippen molar-refractivity contribution in [2.75, 3.05) is 19.8 Å². The molecule has 1 aliphatic rings. The highest BCUT2D eigenvalue weighted by molar-refractivity contribution is 7.89. The summed E-state index contributed by atoms with van der Waals surface area (Å²) in [7, 11) is -3.54. The fourth-order valence-corrected chi connectivity index (χ4v) is 4.37. The molecule has 0 radical (unpaired) electrons. The Bertz CT molecular complexity index is 571. The summed E-state index contributed by atoms with van der Waals surface area (Å²) in [6, 6.07) is 4.92.